The largest absolute Gasteiger partial charge is 0.466 e. The fourth-order valence-electron chi connectivity index (χ4n) is 2.50. The van der Waals surface area contributed by atoms with Gasteiger partial charge in [0.1, 0.15) is 5.76 Å². The summed E-state index contributed by atoms with van der Waals surface area (Å²) in [5.41, 5.74) is -0.602. The first kappa shape index (κ1) is 18.2. The van der Waals surface area contributed by atoms with Crippen LogP contribution in [0.1, 0.15) is 16.9 Å². The van der Waals surface area contributed by atoms with Crippen LogP contribution in [0.25, 0.3) is 0 Å². The molecule has 0 saturated carbocycles. The lowest BCUT2D eigenvalue weighted by molar-refractivity contribution is 0.0623. The molecule has 0 bridgehead atoms. The molecule has 0 aliphatic heterocycles. The molecule has 2 aromatic heterocycles. The van der Waals surface area contributed by atoms with E-state index >= 15 is 0 Å². The number of aliphatic hydroxyl groups is 1. The summed E-state index contributed by atoms with van der Waals surface area (Å²) < 4.78 is 33.2. The Bertz CT molecular complexity index is 916. The number of rotatable bonds is 6. The second-order valence-electron chi connectivity index (χ2n) is 5.54. The van der Waals surface area contributed by atoms with Gasteiger partial charge in [-0.3, -0.25) is 0 Å². The van der Waals surface area contributed by atoms with Crippen LogP contribution in [0, 0.1) is 6.92 Å². The predicted molar refractivity (Wildman–Crippen MR) is 97.4 cm³/mol. The summed E-state index contributed by atoms with van der Waals surface area (Å²) in [5.74, 6) is 0.261. The molecule has 0 spiro atoms. The van der Waals surface area contributed by atoms with Gasteiger partial charge in [0.05, 0.1) is 17.7 Å². The molecule has 3 aromatic rings. The van der Waals surface area contributed by atoms with Gasteiger partial charge in [0.15, 0.2) is 5.60 Å². The minimum absolute atomic E-state index is 0.0760. The fourth-order valence-corrected chi connectivity index (χ4v) is 4.78. The average Bonchev–Trinajstić information content (AvgIpc) is 3.29. The van der Waals surface area contributed by atoms with Gasteiger partial charge in [-0.05, 0) is 53.6 Å². The van der Waals surface area contributed by atoms with E-state index in [-0.39, 0.29) is 17.2 Å². The third-order valence-corrected chi connectivity index (χ3v) is 6.59. The summed E-state index contributed by atoms with van der Waals surface area (Å²) in [6.07, 6.45) is 1.43. The average molecular weight is 398 g/mol. The lowest BCUT2D eigenvalue weighted by atomic mass is 9.94. The maximum atomic E-state index is 12.7. The Labute approximate surface area is 154 Å². The molecule has 132 valence electrons. The quantitative estimate of drug-likeness (QED) is 0.667. The molecule has 25 heavy (non-hydrogen) atoms. The lowest BCUT2D eigenvalue weighted by Gasteiger charge is -2.26. The number of thiophene rings is 1. The number of furan rings is 1. The first-order valence-electron chi connectivity index (χ1n) is 7.38. The van der Waals surface area contributed by atoms with E-state index in [1.807, 2.05) is 0 Å². The smallest absolute Gasteiger partial charge is 0.241 e. The Kier molecular flexibility index (Phi) is 5.04. The second-order valence-corrected chi connectivity index (χ2v) is 8.46. The van der Waals surface area contributed by atoms with Crippen LogP contribution in [0.3, 0.4) is 0 Å². The molecule has 1 unspecified atom stereocenters. The van der Waals surface area contributed by atoms with Crippen LogP contribution in [0.2, 0.25) is 5.02 Å². The zero-order valence-corrected chi connectivity index (χ0v) is 15.7. The van der Waals surface area contributed by atoms with Crippen molar-refractivity contribution in [2.24, 2.45) is 0 Å². The number of halogens is 1. The molecule has 2 N–H and O–H groups in total. The van der Waals surface area contributed by atoms with Crippen molar-refractivity contribution in [3.8, 4) is 0 Å². The van der Waals surface area contributed by atoms with Crippen LogP contribution in [-0.2, 0) is 15.6 Å². The number of benzene rings is 1. The molecule has 1 aromatic carbocycles. The summed E-state index contributed by atoms with van der Waals surface area (Å²) in [6, 6.07) is 9.65. The molecule has 5 nitrogen and oxygen atoms in total. The second kappa shape index (κ2) is 6.93. The maximum Gasteiger partial charge on any atom is 0.241 e. The van der Waals surface area contributed by atoms with Gasteiger partial charge in [-0.1, -0.05) is 17.7 Å². The van der Waals surface area contributed by atoms with Gasteiger partial charge >= 0.3 is 0 Å². The Hall–Kier alpha value is -1.64. The molecular weight excluding hydrogens is 382 g/mol. The van der Waals surface area contributed by atoms with Gasteiger partial charge in [0, 0.05) is 10.6 Å². The van der Waals surface area contributed by atoms with Crippen molar-refractivity contribution in [1.82, 2.24) is 4.72 Å². The third kappa shape index (κ3) is 3.51. The van der Waals surface area contributed by atoms with E-state index in [1.165, 1.54) is 23.7 Å². The summed E-state index contributed by atoms with van der Waals surface area (Å²) in [4.78, 5) is 0.0760. The highest BCUT2D eigenvalue weighted by Crippen LogP contribution is 2.32. The minimum Gasteiger partial charge on any atom is -0.466 e. The minimum atomic E-state index is -3.86. The molecule has 0 amide bonds. The van der Waals surface area contributed by atoms with Gasteiger partial charge in [0.25, 0.3) is 0 Å². The molecule has 8 heteroatoms. The lowest BCUT2D eigenvalue weighted by Crippen LogP contribution is -2.41. The van der Waals surface area contributed by atoms with Crippen LogP contribution in [0.4, 0.5) is 0 Å². The molecule has 0 fully saturated rings. The monoisotopic (exact) mass is 397 g/mol. The Morgan fingerprint density at radius 2 is 2.08 bits per heavy atom. The zero-order valence-electron chi connectivity index (χ0n) is 13.3. The Morgan fingerprint density at radius 1 is 1.28 bits per heavy atom. The van der Waals surface area contributed by atoms with Crippen LogP contribution in [0.15, 0.2) is 62.7 Å². The standard InChI is InChI=1S/C17H16ClNO4S2/c1-12-14(18)4-2-5-15(12)25(21,22)19-11-17(20,13-7-9-24-10-13)16-6-3-8-23-16/h2-10,19-20H,11H2,1H3. The molecule has 3 rings (SSSR count). The summed E-state index contributed by atoms with van der Waals surface area (Å²) in [6.45, 7) is 1.36. The fraction of sp³-hybridized carbons (Fsp3) is 0.176. The maximum absolute atomic E-state index is 12.7. The van der Waals surface area contributed by atoms with Crippen molar-refractivity contribution in [1.29, 1.82) is 0 Å². The van der Waals surface area contributed by atoms with E-state index < -0.39 is 15.6 Å². The summed E-state index contributed by atoms with van der Waals surface area (Å²) in [5, 5.41) is 15.0. The molecule has 0 saturated heterocycles. The summed E-state index contributed by atoms with van der Waals surface area (Å²) in [7, 11) is -3.86. The van der Waals surface area contributed by atoms with Crippen LogP contribution in [-0.4, -0.2) is 20.1 Å². The normalized spacial score (nSPS) is 14.4. The molecule has 0 aliphatic carbocycles. The topological polar surface area (TPSA) is 79.5 Å². The molecule has 0 radical (unpaired) electrons. The van der Waals surface area contributed by atoms with Gasteiger partial charge in [-0.25, -0.2) is 13.1 Å². The van der Waals surface area contributed by atoms with Crippen LogP contribution < -0.4 is 4.72 Å². The van der Waals surface area contributed by atoms with E-state index in [1.54, 1.807) is 48.0 Å². The highest BCUT2D eigenvalue weighted by Gasteiger charge is 2.36. The number of nitrogens with one attached hydrogen (secondary N) is 1. The van der Waals surface area contributed by atoms with E-state index in [4.69, 9.17) is 16.0 Å². The molecular formula is C17H16ClNO4S2. The Balaban J connectivity index is 1.93. The van der Waals surface area contributed by atoms with Crippen LogP contribution in [0.5, 0.6) is 0 Å². The first-order chi connectivity index (χ1) is 11.8. The van der Waals surface area contributed by atoms with E-state index in [0.717, 1.165) is 0 Å². The van der Waals surface area contributed by atoms with Crippen LogP contribution >= 0.6 is 22.9 Å². The van der Waals surface area contributed by atoms with Crippen molar-refractivity contribution in [3.05, 3.63) is 75.3 Å². The van der Waals surface area contributed by atoms with Crippen molar-refractivity contribution in [3.63, 3.8) is 0 Å². The van der Waals surface area contributed by atoms with Crippen molar-refractivity contribution >= 4 is 33.0 Å². The molecule has 0 aliphatic rings. The van der Waals surface area contributed by atoms with Gasteiger partial charge in [-0.15, -0.1) is 0 Å². The Morgan fingerprint density at radius 3 is 2.72 bits per heavy atom. The van der Waals surface area contributed by atoms with Gasteiger partial charge < -0.3 is 9.52 Å². The predicted octanol–water partition coefficient (Wildman–Crippen LogP) is 3.52. The number of hydrogen-bond donors (Lipinski definition) is 2. The molecule has 1 atom stereocenters. The SMILES string of the molecule is Cc1c(Cl)cccc1S(=O)(=O)NCC(O)(c1ccsc1)c1ccco1. The van der Waals surface area contributed by atoms with Crippen molar-refractivity contribution in [2.45, 2.75) is 17.4 Å². The van der Waals surface area contributed by atoms with E-state index in [9.17, 15) is 13.5 Å². The number of hydrogen-bond acceptors (Lipinski definition) is 5. The van der Waals surface area contributed by atoms with Crippen molar-refractivity contribution in [2.75, 3.05) is 6.54 Å². The number of sulfonamides is 1. The van der Waals surface area contributed by atoms with E-state index in [0.29, 0.717) is 16.1 Å². The highest BCUT2D eigenvalue weighted by molar-refractivity contribution is 7.89. The summed E-state index contributed by atoms with van der Waals surface area (Å²) >= 11 is 7.42. The van der Waals surface area contributed by atoms with Gasteiger partial charge in [-0.2, -0.15) is 11.3 Å². The molecule has 2 heterocycles. The third-order valence-electron chi connectivity index (χ3n) is 3.95. The first-order valence-corrected chi connectivity index (χ1v) is 10.2. The zero-order chi connectivity index (χ0) is 18.1. The van der Waals surface area contributed by atoms with Gasteiger partial charge in [0.2, 0.25) is 10.0 Å². The van der Waals surface area contributed by atoms with Crippen molar-refractivity contribution < 1.29 is 17.9 Å². The van der Waals surface area contributed by atoms with E-state index in [2.05, 4.69) is 4.72 Å². The highest BCUT2D eigenvalue weighted by atomic mass is 35.5.